The molecule has 0 radical (unpaired) electrons. The summed E-state index contributed by atoms with van der Waals surface area (Å²) in [6.07, 6.45) is 3.37. The molecule has 3 saturated heterocycles. The summed E-state index contributed by atoms with van der Waals surface area (Å²) < 4.78 is 46.4. The van der Waals surface area contributed by atoms with Gasteiger partial charge in [0, 0.05) is 19.1 Å². The van der Waals surface area contributed by atoms with Crippen LogP contribution >= 0.6 is 0 Å². The molecule has 1 unspecified atom stereocenters. The lowest BCUT2D eigenvalue weighted by Gasteiger charge is -2.46. The van der Waals surface area contributed by atoms with Crippen molar-refractivity contribution in [3.05, 3.63) is 29.6 Å². The molecule has 0 aromatic heterocycles. The lowest BCUT2D eigenvalue weighted by molar-refractivity contribution is -0.0774. The molecule has 3 aliphatic heterocycles. The van der Waals surface area contributed by atoms with Crippen LogP contribution in [0, 0.1) is 12.7 Å². The largest absolute Gasteiger partial charge is 0.371 e. The Kier molecular flexibility index (Phi) is 3.95. The Morgan fingerprint density at radius 2 is 1.96 bits per heavy atom. The molecule has 3 heterocycles. The molecule has 1 atom stereocenters. The van der Waals surface area contributed by atoms with Gasteiger partial charge >= 0.3 is 0 Å². The number of nitrogens with zero attached hydrogens (tertiary/aromatic N) is 2. The molecule has 132 valence electrons. The van der Waals surface area contributed by atoms with E-state index < -0.39 is 15.8 Å². The van der Waals surface area contributed by atoms with Gasteiger partial charge in [-0.15, -0.1) is 0 Å². The summed E-state index contributed by atoms with van der Waals surface area (Å²) in [5, 5.41) is 0. The van der Waals surface area contributed by atoms with Crippen LogP contribution in [0.1, 0.15) is 24.8 Å². The molecule has 0 amide bonds. The zero-order chi connectivity index (χ0) is 16.9. The Balaban J connectivity index is 1.44. The Morgan fingerprint density at radius 3 is 2.62 bits per heavy atom. The van der Waals surface area contributed by atoms with Crippen LogP contribution in [-0.4, -0.2) is 62.1 Å². The van der Waals surface area contributed by atoms with E-state index in [0.29, 0.717) is 31.3 Å². The average molecular weight is 354 g/mol. The Labute approximate surface area is 142 Å². The van der Waals surface area contributed by atoms with E-state index >= 15 is 0 Å². The minimum absolute atomic E-state index is 0.0227. The number of hydrogen-bond donors (Lipinski definition) is 0. The predicted octanol–water partition coefficient (Wildman–Crippen LogP) is 1.76. The van der Waals surface area contributed by atoms with Crippen LogP contribution in [0.15, 0.2) is 23.1 Å². The fraction of sp³-hybridized carbons (Fsp3) is 0.647. The number of hydrogen-bond acceptors (Lipinski definition) is 4. The van der Waals surface area contributed by atoms with Crippen LogP contribution in [-0.2, 0) is 14.8 Å². The third-order valence-electron chi connectivity index (χ3n) is 5.56. The highest BCUT2D eigenvalue weighted by molar-refractivity contribution is 7.89. The molecule has 0 bridgehead atoms. The van der Waals surface area contributed by atoms with Gasteiger partial charge in [-0.1, -0.05) is 6.07 Å². The van der Waals surface area contributed by atoms with Crippen LogP contribution in [0.5, 0.6) is 0 Å². The van der Waals surface area contributed by atoms with E-state index in [0.717, 1.165) is 25.6 Å². The smallest absolute Gasteiger partial charge is 0.243 e. The predicted molar refractivity (Wildman–Crippen MR) is 87.8 cm³/mol. The van der Waals surface area contributed by atoms with Gasteiger partial charge in [-0.25, -0.2) is 12.8 Å². The minimum atomic E-state index is -3.64. The number of rotatable bonds is 3. The van der Waals surface area contributed by atoms with Gasteiger partial charge < -0.3 is 4.74 Å². The Hall–Kier alpha value is -1.02. The van der Waals surface area contributed by atoms with E-state index in [1.165, 1.54) is 29.3 Å². The van der Waals surface area contributed by atoms with Crippen LogP contribution in [0.25, 0.3) is 0 Å². The molecular formula is C17H23FN2O3S. The third kappa shape index (κ3) is 2.67. The monoisotopic (exact) mass is 354 g/mol. The van der Waals surface area contributed by atoms with Crippen LogP contribution in [0.2, 0.25) is 0 Å². The molecule has 3 aliphatic rings. The lowest BCUT2D eigenvalue weighted by Crippen LogP contribution is -2.63. The van der Waals surface area contributed by atoms with Crippen molar-refractivity contribution < 1.29 is 17.5 Å². The van der Waals surface area contributed by atoms with Gasteiger partial charge in [-0.3, -0.25) is 4.90 Å². The van der Waals surface area contributed by atoms with Crippen molar-refractivity contribution in [2.24, 2.45) is 0 Å². The van der Waals surface area contributed by atoms with Crippen molar-refractivity contribution in [1.82, 2.24) is 9.21 Å². The second-order valence-electron chi connectivity index (χ2n) is 7.28. The molecule has 1 aromatic rings. The van der Waals surface area contributed by atoms with E-state index in [2.05, 4.69) is 4.90 Å². The molecule has 1 aromatic carbocycles. The highest BCUT2D eigenvalue weighted by atomic mass is 32.2. The molecule has 0 saturated carbocycles. The molecule has 4 rings (SSSR count). The Bertz CT molecular complexity index is 740. The molecule has 3 fully saturated rings. The van der Waals surface area contributed by atoms with Gasteiger partial charge in [0.05, 0.1) is 17.1 Å². The Morgan fingerprint density at radius 1 is 1.25 bits per heavy atom. The quantitative estimate of drug-likeness (QED) is 0.830. The number of ether oxygens (including phenoxy) is 1. The van der Waals surface area contributed by atoms with Crippen molar-refractivity contribution >= 4 is 10.0 Å². The summed E-state index contributed by atoms with van der Waals surface area (Å²) in [4.78, 5) is 2.48. The van der Waals surface area contributed by atoms with Crippen molar-refractivity contribution in [3.8, 4) is 0 Å². The topological polar surface area (TPSA) is 49.9 Å². The number of likely N-dealkylation sites (tertiary alicyclic amines) is 1. The van der Waals surface area contributed by atoms with Gasteiger partial charge in [0.25, 0.3) is 0 Å². The van der Waals surface area contributed by atoms with E-state index in [1.54, 1.807) is 6.92 Å². The highest BCUT2D eigenvalue weighted by Gasteiger charge is 2.54. The van der Waals surface area contributed by atoms with Crippen LogP contribution in [0.3, 0.4) is 0 Å². The number of benzene rings is 1. The standard InChI is InChI=1S/C17H23FN2O3S/c1-13-4-5-15(8-16(13)18)24(21,22)20-11-17(12-20)9-14(10-23-17)19-6-2-3-7-19/h4-5,8,14H,2-3,6-7,9-12H2,1H3. The summed E-state index contributed by atoms with van der Waals surface area (Å²) >= 11 is 0. The van der Waals surface area contributed by atoms with E-state index in [4.69, 9.17) is 4.74 Å². The molecule has 0 N–H and O–H groups in total. The maximum Gasteiger partial charge on any atom is 0.243 e. The first-order valence-corrected chi connectivity index (χ1v) is 9.98. The molecular weight excluding hydrogens is 331 g/mol. The number of halogens is 1. The van der Waals surface area contributed by atoms with Gasteiger partial charge in [-0.05, 0) is 57.0 Å². The van der Waals surface area contributed by atoms with Gasteiger partial charge in [-0.2, -0.15) is 4.31 Å². The summed E-state index contributed by atoms with van der Waals surface area (Å²) in [6, 6.07) is 4.50. The average Bonchev–Trinajstić information content (AvgIpc) is 3.16. The highest BCUT2D eigenvalue weighted by Crippen LogP contribution is 2.40. The second-order valence-corrected chi connectivity index (χ2v) is 9.22. The third-order valence-corrected chi connectivity index (χ3v) is 7.34. The van der Waals surface area contributed by atoms with Gasteiger partial charge in [0.1, 0.15) is 5.82 Å². The molecule has 5 nitrogen and oxygen atoms in total. The van der Waals surface area contributed by atoms with Crippen molar-refractivity contribution in [3.63, 3.8) is 0 Å². The first-order valence-electron chi connectivity index (χ1n) is 8.54. The van der Waals surface area contributed by atoms with Crippen molar-refractivity contribution in [2.75, 3.05) is 32.8 Å². The van der Waals surface area contributed by atoms with Crippen LogP contribution in [0.4, 0.5) is 4.39 Å². The van der Waals surface area contributed by atoms with Crippen molar-refractivity contribution in [1.29, 1.82) is 0 Å². The minimum Gasteiger partial charge on any atom is -0.371 e. The van der Waals surface area contributed by atoms with E-state index in [1.807, 2.05) is 0 Å². The van der Waals surface area contributed by atoms with E-state index in [9.17, 15) is 12.8 Å². The van der Waals surface area contributed by atoms with Gasteiger partial charge in [0.15, 0.2) is 0 Å². The maximum absolute atomic E-state index is 13.7. The molecule has 1 spiro atoms. The van der Waals surface area contributed by atoms with Gasteiger partial charge in [0.2, 0.25) is 10.0 Å². The SMILES string of the molecule is Cc1ccc(S(=O)(=O)N2CC3(CC(N4CCCC4)CO3)C2)cc1F. The normalized spacial score (nSPS) is 27.7. The van der Waals surface area contributed by atoms with Crippen molar-refractivity contribution in [2.45, 2.75) is 42.7 Å². The zero-order valence-electron chi connectivity index (χ0n) is 13.9. The summed E-state index contributed by atoms with van der Waals surface area (Å²) in [5.74, 6) is -0.488. The second kappa shape index (κ2) is 5.76. The fourth-order valence-corrected chi connectivity index (χ4v) is 5.63. The van der Waals surface area contributed by atoms with Crippen LogP contribution < -0.4 is 0 Å². The summed E-state index contributed by atoms with van der Waals surface area (Å²) in [7, 11) is -3.64. The number of aryl methyl sites for hydroxylation is 1. The fourth-order valence-electron chi connectivity index (χ4n) is 4.03. The first-order chi connectivity index (χ1) is 11.4. The lowest BCUT2D eigenvalue weighted by atomic mass is 9.91. The zero-order valence-corrected chi connectivity index (χ0v) is 14.7. The molecule has 7 heteroatoms. The molecule has 0 aliphatic carbocycles. The summed E-state index contributed by atoms with van der Waals surface area (Å²) in [6.45, 7) is 5.29. The maximum atomic E-state index is 13.7. The summed E-state index contributed by atoms with van der Waals surface area (Å²) in [5.41, 5.74) is 0.102. The molecule has 24 heavy (non-hydrogen) atoms. The number of sulfonamides is 1. The first kappa shape index (κ1) is 16.4. The van der Waals surface area contributed by atoms with E-state index in [-0.39, 0.29) is 10.5 Å².